The predicted octanol–water partition coefficient (Wildman–Crippen LogP) is 3.14. The molecule has 0 fully saturated rings. The van der Waals surface area contributed by atoms with Crippen LogP contribution in [0.3, 0.4) is 0 Å². The summed E-state index contributed by atoms with van der Waals surface area (Å²) in [6.45, 7) is 0. The Hall–Kier alpha value is -0.310. The van der Waals surface area contributed by atoms with Crippen molar-refractivity contribution in [3.8, 4) is 5.75 Å². The molecule has 1 aromatic carbocycles. The largest absolute Gasteiger partial charge is 0.573 e. The third-order valence-corrected chi connectivity index (χ3v) is 3.20. The minimum absolute atomic E-state index is 0.0235. The van der Waals surface area contributed by atoms with Crippen LogP contribution < -0.4 is 4.74 Å². The number of hydrogen-bond donors (Lipinski definition) is 2. The number of aliphatic hydroxyl groups excluding tert-OH is 2. The first-order valence-electron chi connectivity index (χ1n) is 4.72. The zero-order valence-electron chi connectivity index (χ0n) is 8.79. The SMILES string of the molecule is OC(CBr)C(O)c1ccc(Br)cc1OC(F)(F)F. The molecule has 0 saturated heterocycles. The Morgan fingerprint density at radius 3 is 2.39 bits per heavy atom. The number of rotatable bonds is 4. The Morgan fingerprint density at radius 1 is 1.28 bits per heavy atom. The van der Waals surface area contributed by atoms with Crippen LogP contribution in [0.5, 0.6) is 5.75 Å². The molecule has 1 aromatic rings. The molecular weight excluding hydrogens is 385 g/mol. The molecule has 0 aliphatic rings. The van der Waals surface area contributed by atoms with Crippen LogP contribution in [0.25, 0.3) is 0 Å². The Bertz CT molecular complexity index is 412. The summed E-state index contributed by atoms with van der Waals surface area (Å²) in [5, 5.41) is 19.2. The molecule has 3 nitrogen and oxygen atoms in total. The van der Waals surface area contributed by atoms with Crippen LogP contribution in [-0.4, -0.2) is 28.0 Å². The fourth-order valence-corrected chi connectivity index (χ4v) is 1.95. The summed E-state index contributed by atoms with van der Waals surface area (Å²) in [4.78, 5) is 0. The van der Waals surface area contributed by atoms with Crippen LogP contribution in [0.1, 0.15) is 11.7 Å². The van der Waals surface area contributed by atoms with Gasteiger partial charge in [-0.3, -0.25) is 0 Å². The summed E-state index contributed by atoms with van der Waals surface area (Å²) < 4.78 is 40.8. The molecule has 0 amide bonds. The van der Waals surface area contributed by atoms with E-state index in [0.717, 1.165) is 6.07 Å². The molecule has 2 N–H and O–H groups in total. The van der Waals surface area contributed by atoms with E-state index in [4.69, 9.17) is 0 Å². The van der Waals surface area contributed by atoms with E-state index in [9.17, 15) is 23.4 Å². The molecule has 0 heterocycles. The van der Waals surface area contributed by atoms with Crippen molar-refractivity contribution in [3.05, 3.63) is 28.2 Å². The van der Waals surface area contributed by atoms with Crippen LogP contribution in [0.4, 0.5) is 13.2 Å². The van der Waals surface area contributed by atoms with Gasteiger partial charge in [-0.05, 0) is 12.1 Å². The van der Waals surface area contributed by atoms with Crippen LogP contribution in [0.15, 0.2) is 22.7 Å². The molecular formula is C10H9Br2F3O3. The van der Waals surface area contributed by atoms with Crippen molar-refractivity contribution in [3.63, 3.8) is 0 Å². The van der Waals surface area contributed by atoms with Gasteiger partial charge < -0.3 is 14.9 Å². The lowest BCUT2D eigenvalue weighted by molar-refractivity contribution is -0.275. The van der Waals surface area contributed by atoms with E-state index in [1.165, 1.54) is 12.1 Å². The van der Waals surface area contributed by atoms with Crippen molar-refractivity contribution in [2.45, 2.75) is 18.6 Å². The molecule has 1 rings (SSSR count). The second-order valence-electron chi connectivity index (χ2n) is 3.40. The maximum atomic E-state index is 12.2. The Kier molecular flexibility index (Phi) is 5.45. The number of alkyl halides is 4. The van der Waals surface area contributed by atoms with Crippen LogP contribution in [0, 0.1) is 0 Å². The summed E-state index contributed by atoms with van der Waals surface area (Å²) in [6, 6.07) is 3.78. The highest BCUT2D eigenvalue weighted by atomic mass is 79.9. The average molecular weight is 394 g/mol. The highest BCUT2D eigenvalue weighted by Crippen LogP contribution is 2.34. The Labute approximate surface area is 118 Å². The van der Waals surface area contributed by atoms with Crippen molar-refractivity contribution in [1.29, 1.82) is 0 Å². The van der Waals surface area contributed by atoms with Gasteiger partial charge in [-0.2, -0.15) is 0 Å². The molecule has 0 spiro atoms. The molecule has 2 atom stereocenters. The van der Waals surface area contributed by atoms with Crippen molar-refractivity contribution < 1.29 is 28.1 Å². The van der Waals surface area contributed by atoms with Gasteiger partial charge in [0.15, 0.2) is 0 Å². The van der Waals surface area contributed by atoms with Gasteiger partial charge in [0, 0.05) is 15.4 Å². The average Bonchev–Trinajstić information content (AvgIpc) is 2.25. The van der Waals surface area contributed by atoms with Gasteiger partial charge in [0.2, 0.25) is 0 Å². The first-order chi connectivity index (χ1) is 8.24. The summed E-state index contributed by atoms with van der Waals surface area (Å²) in [5.74, 6) is -0.552. The Morgan fingerprint density at radius 2 is 1.89 bits per heavy atom. The van der Waals surface area contributed by atoms with Gasteiger partial charge in [-0.25, -0.2) is 0 Å². The maximum absolute atomic E-state index is 12.2. The highest BCUT2D eigenvalue weighted by Gasteiger charge is 2.33. The van der Waals surface area contributed by atoms with E-state index >= 15 is 0 Å². The van der Waals surface area contributed by atoms with Crippen LogP contribution in [-0.2, 0) is 0 Å². The van der Waals surface area contributed by atoms with Gasteiger partial charge in [0.05, 0.1) is 6.10 Å². The zero-order chi connectivity index (χ0) is 13.9. The highest BCUT2D eigenvalue weighted by molar-refractivity contribution is 9.10. The van der Waals surface area contributed by atoms with Crippen LogP contribution in [0.2, 0.25) is 0 Å². The lowest BCUT2D eigenvalue weighted by Gasteiger charge is -2.20. The van der Waals surface area contributed by atoms with E-state index in [-0.39, 0.29) is 10.9 Å². The van der Waals surface area contributed by atoms with E-state index in [2.05, 4.69) is 36.6 Å². The molecule has 102 valence electrons. The lowest BCUT2D eigenvalue weighted by Crippen LogP contribution is -2.23. The van der Waals surface area contributed by atoms with Gasteiger partial charge in [0.25, 0.3) is 0 Å². The lowest BCUT2D eigenvalue weighted by atomic mass is 10.0. The summed E-state index contributed by atoms with van der Waals surface area (Å²) in [6.07, 6.45) is -7.58. The number of ether oxygens (including phenoxy) is 1. The van der Waals surface area contributed by atoms with E-state index in [1.54, 1.807) is 0 Å². The molecule has 0 radical (unpaired) electrons. The quantitative estimate of drug-likeness (QED) is 0.772. The second kappa shape index (κ2) is 6.23. The van der Waals surface area contributed by atoms with Gasteiger partial charge in [0.1, 0.15) is 11.9 Å². The molecule has 0 saturated carbocycles. The first kappa shape index (κ1) is 15.7. The summed E-state index contributed by atoms with van der Waals surface area (Å²) in [5.41, 5.74) is -0.137. The second-order valence-corrected chi connectivity index (χ2v) is 4.96. The molecule has 0 bridgehead atoms. The molecule has 0 aromatic heterocycles. The van der Waals surface area contributed by atoms with E-state index in [0.29, 0.717) is 4.47 Å². The molecule has 2 unspecified atom stereocenters. The van der Waals surface area contributed by atoms with Crippen molar-refractivity contribution >= 4 is 31.9 Å². The molecule has 0 aliphatic heterocycles. The third-order valence-electron chi connectivity index (χ3n) is 2.04. The monoisotopic (exact) mass is 392 g/mol. The minimum atomic E-state index is -4.87. The maximum Gasteiger partial charge on any atom is 0.573 e. The minimum Gasteiger partial charge on any atom is -0.405 e. The van der Waals surface area contributed by atoms with Crippen molar-refractivity contribution in [1.82, 2.24) is 0 Å². The smallest absolute Gasteiger partial charge is 0.405 e. The van der Waals surface area contributed by atoms with Crippen molar-refractivity contribution in [2.75, 3.05) is 5.33 Å². The number of halogens is 5. The number of hydrogen-bond acceptors (Lipinski definition) is 3. The first-order valence-corrected chi connectivity index (χ1v) is 6.63. The molecule has 0 aliphatic carbocycles. The van der Waals surface area contributed by atoms with E-state index < -0.39 is 24.3 Å². The molecule has 8 heteroatoms. The number of aliphatic hydroxyl groups is 2. The predicted molar refractivity (Wildman–Crippen MR) is 65.6 cm³/mol. The zero-order valence-corrected chi connectivity index (χ0v) is 12.0. The number of benzene rings is 1. The summed E-state index contributed by atoms with van der Waals surface area (Å²) in [7, 11) is 0. The fourth-order valence-electron chi connectivity index (χ4n) is 1.26. The normalized spacial score (nSPS) is 15.3. The van der Waals surface area contributed by atoms with Gasteiger partial charge >= 0.3 is 6.36 Å². The Balaban J connectivity index is 3.11. The van der Waals surface area contributed by atoms with Gasteiger partial charge in [-0.15, -0.1) is 13.2 Å². The third kappa shape index (κ3) is 4.42. The fraction of sp³-hybridized carbons (Fsp3) is 0.400. The van der Waals surface area contributed by atoms with Crippen molar-refractivity contribution in [2.24, 2.45) is 0 Å². The van der Waals surface area contributed by atoms with E-state index in [1.807, 2.05) is 0 Å². The summed E-state index contributed by atoms with van der Waals surface area (Å²) >= 11 is 5.94. The van der Waals surface area contributed by atoms with Gasteiger partial charge in [-0.1, -0.05) is 37.9 Å². The van der Waals surface area contributed by atoms with Crippen LogP contribution >= 0.6 is 31.9 Å². The standard InChI is InChI=1S/C10H9Br2F3O3/c11-4-7(16)9(17)6-2-1-5(12)3-8(6)18-10(13,14)15/h1-3,7,9,16-17H,4H2. The molecule has 18 heavy (non-hydrogen) atoms. The topological polar surface area (TPSA) is 49.7 Å².